The fourth-order valence-corrected chi connectivity index (χ4v) is 0.800. The summed E-state index contributed by atoms with van der Waals surface area (Å²) in [7, 11) is 0. The number of hydrogen-bond acceptors (Lipinski definition) is 3. The van der Waals surface area contributed by atoms with Crippen molar-refractivity contribution in [3.05, 3.63) is 36.4 Å². The highest BCUT2D eigenvalue weighted by atomic mass is 17.2. The molecule has 0 radical (unpaired) electrons. The standard InChI is InChI=1S/C10H10O3/c1-3-9-5-4-6-10(7-9)13-12-8(2)11/h3-7H,1H2,2H3. The van der Waals surface area contributed by atoms with Gasteiger partial charge in [0.25, 0.3) is 0 Å². The maximum absolute atomic E-state index is 10.4. The van der Waals surface area contributed by atoms with Crippen LogP contribution in [-0.4, -0.2) is 5.97 Å². The second-order valence-corrected chi connectivity index (χ2v) is 2.43. The molecule has 0 saturated heterocycles. The molecule has 0 N–H and O–H groups in total. The minimum Gasteiger partial charge on any atom is -0.287 e. The van der Waals surface area contributed by atoms with Crippen molar-refractivity contribution in [3.8, 4) is 5.75 Å². The average Bonchev–Trinajstić information content (AvgIpc) is 2.15. The van der Waals surface area contributed by atoms with Crippen LogP contribution in [0.1, 0.15) is 12.5 Å². The summed E-state index contributed by atoms with van der Waals surface area (Å²) in [5.74, 6) is -0.00314. The van der Waals surface area contributed by atoms with E-state index in [-0.39, 0.29) is 0 Å². The van der Waals surface area contributed by atoms with Crippen molar-refractivity contribution in [2.24, 2.45) is 0 Å². The number of carbonyl (C=O) groups is 1. The lowest BCUT2D eigenvalue weighted by Crippen LogP contribution is -2.02. The Balaban J connectivity index is 2.66. The van der Waals surface area contributed by atoms with Crippen molar-refractivity contribution < 1.29 is 14.6 Å². The molecule has 0 spiro atoms. The van der Waals surface area contributed by atoms with E-state index < -0.39 is 5.97 Å². The van der Waals surface area contributed by atoms with E-state index in [4.69, 9.17) is 4.89 Å². The predicted molar refractivity (Wildman–Crippen MR) is 48.9 cm³/mol. The third-order valence-electron chi connectivity index (χ3n) is 1.35. The molecular formula is C10H10O3. The van der Waals surface area contributed by atoms with Crippen LogP contribution in [0.25, 0.3) is 6.08 Å². The van der Waals surface area contributed by atoms with Crippen molar-refractivity contribution in [2.45, 2.75) is 6.92 Å². The summed E-state index contributed by atoms with van der Waals surface area (Å²) < 4.78 is 0. The molecule has 0 aliphatic carbocycles. The molecule has 1 aromatic carbocycles. The summed E-state index contributed by atoms with van der Waals surface area (Å²) in [5, 5.41) is 0. The minimum atomic E-state index is -0.482. The van der Waals surface area contributed by atoms with Gasteiger partial charge < -0.3 is 0 Å². The fourth-order valence-electron chi connectivity index (χ4n) is 0.800. The van der Waals surface area contributed by atoms with Gasteiger partial charge in [0.05, 0.1) is 0 Å². The normalized spacial score (nSPS) is 9.00. The molecule has 0 saturated carbocycles. The number of hydrogen-bond donors (Lipinski definition) is 0. The topological polar surface area (TPSA) is 35.5 Å². The summed E-state index contributed by atoms with van der Waals surface area (Å²) in [6, 6.07) is 7.06. The molecule has 0 fully saturated rings. The molecule has 0 bridgehead atoms. The molecular weight excluding hydrogens is 168 g/mol. The Morgan fingerprint density at radius 1 is 1.54 bits per heavy atom. The van der Waals surface area contributed by atoms with E-state index in [1.54, 1.807) is 24.3 Å². The van der Waals surface area contributed by atoms with Crippen LogP contribution in [0, 0.1) is 0 Å². The summed E-state index contributed by atoms with van der Waals surface area (Å²) in [5.41, 5.74) is 0.907. The van der Waals surface area contributed by atoms with Gasteiger partial charge >= 0.3 is 5.97 Å². The average molecular weight is 178 g/mol. The zero-order valence-corrected chi connectivity index (χ0v) is 7.32. The lowest BCUT2D eigenvalue weighted by atomic mass is 10.2. The summed E-state index contributed by atoms with van der Waals surface area (Å²) in [4.78, 5) is 19.5. The maximum Gasteiger partial charge on any atom is 0.352 e. The number of carbonyl (C=O) groups excluding carboxylic acids is 1. The smallest absolute Gasteiger partial charge is 0.287 e. The first-order chi connectivity index (χ1) is 6.22. The maximum atomic E-state index is 10.4. The first-order valence-electron chi connectivity index (χ1n) is 3.80. The van der Waals surface area contributed by atoms with Crippen molar-refractivity contribution in [3.63, 3.8) is 0 Å². The minimum absolute atomic E-state index is 0.479. The Hall–Kier alpha value is -1.77. The van der Waals surface area contributed by atoms with E-state index in [2.05, 4.69) is 11.5 Å². The van der Waals surface area contributed by atoms with E-state index in [1.807, 2.05) is 6.07 Å². The Morgan fingerprint density at radius 3 is 2.92 bits per heavy atom. The van der Waals surface area contributed by atoms with Gasteiger partial charge in [-0.2, -0.15) is 0 Å². The van der Waals surface area contributed by atoms with Gasteiger partial charge in [-0.15, -0.1) is 0 Å². The van der Waals surface area contributed by atoms with Gasteiger partial charge in [-0.25, -0.2) is 4.79 Å². The lowest BCUT2D eigenvalue weighted by molar-refractivity contribution is -0.210. The third kappa shape index (κ3) is 2.99. The highest BCUT2D eigenvalue weighted by molar-refractivity contribution is 5.65. The van der Waals surface area contributed by atoms with Crippen molar-refractivity contribution in [1.29, 1.82) is 0 Å². The van der Waals surface area contributed by atoms with Crippen LogP contribution < -0.4 is 4.89 Å². The predicted octanol–water partition coefficient (Wildman–Crippen LogP) is 2.19. The molecule has 0 atom stereocenters. The first-order valence-corrected chi connectivity index (χ1v) is 3.80. The molecule has 1 aromatic rings. The molecule has 3 nitrogen and oxygen atoms in total. The highest BCUT2D eigenvalue weighted by Gasteiger charge is 1.97. The van der Waals surface area contributed by atoms with Crippen LogP contribution in [0.5, 0.6) is 5.75 Å². The van der Waals surface area contributed by atoms with Gasteiger partial charge in [-0.05, 0) is 17.7 Å². The largest absolute Gasteiger partial charge is 0.352 e. The van der Waals surface area contributed by atoms with Crippen molar-refractivity contribution in [2.75, 3.05) is 0 Å². The molecule has 0 unspecified atom stereocenters. The Bertz CT molecular complexity index is 318. The first kappa shape index (κ1) is 9.32. The monoisotopic (exact) mass is 178 g/mol. The van der Waals surface area contributed by atoms with Gasteiger partial charge in [0.1, 0.15) is 0 Å². The number of rotatable bonds is 3. The molecule has 0 heterocycles. The van der Waals surface area contributed by atoms with E-state index >= 15 is 0 Å². The van der Waals surface area contributed by atoms with Crippen LogP contribution in [0.15, 0.2) is 30.8 Å². The second kappa shape index (κ2) is 4.30. The van der Waals surface area contributed by atoms with Crippen LogP contribution in [0.2, 0.25) is 0 Å². The molecule has 0 amide bonds. The summed E-state index contributed by atoms with van der Waals surface area (Å²) in [6.45, 7) is 4.88. The lowest BCUT2D eigenvalue weighted by Gasteiger charge is -2.02. The van der Waals surface area contributed by atoms with E-state index in [0.29, 0.717) is 5.75 Å². The van der Waals surface area contributed by atoms with Gasteiger partial charge in [0.15, 0.2) is 5.75 Å². The molecule has 0 aromatic heterocycles. The third-order valence-corrected chi connectivity index (χ3v) is 1.35. The van der Waals surface area contributed by atoms with Gasteiger partial charge in [-0.3, -0.25) is 9.78 Å². The fraction of sp³-hybridized carbons (Fsp3) is 0.100. The molecule has 0 aliphatic heterocycles. The van der Waals surface area contributed by atoms with Crippen LogP contribution in [0.4, 0.5) is 0 Å². The van der Waals surface area contributed by atoms with Crippen LogP contribution in [-0.2, 0) is 9.68 Å². The summed E-state index contributed by atoms with van der Waals surface area (Å²) in [6.07, 6.45) is 1.68. The summed E-state index contributed by atoms with van der Waals surface area (Å²) >= 11 is 0. The van der Waals surface area contributed by atoms with Crippen molar-refractivity contribution >= 4 is 12.0 Å². The second-order valence-electron chi connectivity index (χ2n) is 2.43. The van der Waals surface area contributed by atoms with Gasteiger partial charge in [-0.1, -0.05) is 24.8 Å². The Morgan fingerprint density at radius 2 is 2.31 bits per heavy atom. The van der Waals surface area contributed by atoms with Crippen LogP contribution in [0.3, 0.4) is 0 Å². The number of benzene rings is 1. The van der Waals surface area contributed by atoms with Gasteiger partial charge in [0, 0.05) is 6.92 Å². The van der Waals surface area contributed by atoms with Crippen LogP contribution >= 0.6 is 0 Å². The zero-order valence-electron chi connectivity index (χ0n) is 7.32. The molecule has 0 aliphatic rings. The highest BCUT2D eigenvalue weighted by Crippen LogP contribution is 2.14. The molecule has 3 heteroatoms. The van der Waals surface area contributed by atoms with Crippen molar-refractivity contribution in [1.82, 2.24) is 0 Å². The van der Waals surface area contributed by atoms with E-state index in [1.165, 1.54) is 6.92 Å². The Kier molecular flexibility index (Phi) is 3.09. The van der Waals surface area contributed by atoms with Gasteiger partial charge in [0.2, 0.25) is 0 Å². The molecule has 13 heavy (non-hydrogen) atoms. The molecule has 1 rings (SSSR count). The Labute approximate surface area is 76.5 Å². The zero-order chi connectivity index (χ0) is 9.68. The molecule has 68 valence electrons. The quantitative estimate of drug-likeness (QED) is 0.525. The van der Waals surface area contributed by atoms with E-state index in [0.717, 1.165) is 5.56 Å². The van der Waals surface area contributed by atoms with E-state index in [9.17, 15) is 4.79 Å². The SMILES string of the molecule is C=Cc1cccc(OOC(C)=O)c1.